The third-order valence-electron chi connectivity index (χ3n) is 4.87. The van der Waals surface area contributed by atoms with Gasteiger partial charge in [0.1, 0.15) is 0 Å². The molecule has 2 N–H and O–H groups in total. The Morgan fingerprint density at radius 2 is 1.04 bits per heavy atom. The molecule has 5 heteroatoms. The Labute approximate surface area is 156 Å². The van der Waals surface area contributed by atoms with Gasteiger partial charge in [-0.1, -0.05) is 110 Å². The number of phosphoric acid groups is 1. The van der Waals surface area contributed by atoms with Gasteiger partial charge < -0.3 is 9.79 Å². The van der Waals surface area contributed by atoms with Crippen LogP contribution in [0, 0.1) is 0 Å². The zero-order valence-corrected chi connectivity index (χ0v) is 17.7. The Kier molecular flexibility index (Phi) is 17.6. The minimum Gasteiger partial charge on any atom is -0.303 e. The van der Waals surface area contributed by atoms with Crippen LogP contribution in [-0.2, 0) is 9.09 Å². The molecule has 0 aromatic heterocycles. The minimum atomic E-state index is -4.33. The van der Waals surface area contributed by atoms with E-state index < -0.39 is 7.82 Å². The first kappa shape index (κ1) is 25.1. The quantitative estimate of drug-likeness (QED) is 0.185. The van der Waals surface area contributed by atoms with Crippen LogP contribution < -0.4 is 0 Å². The average Bonchev–Trinajstić information content (AvgIpc) is 2.56. The standard InChI is InChI=1S/C20H43O4P/c1-3-5-6-7-8-9-10-11-12-13-14-15-16-17-18-19-20(4-2)24-25(21,22)23/h20H,3-19H2,1-2H3,(H2,21,22,23). The van der Waals surface area contributed by atoms with Gasteiger partial charge in [-0.3, -0.25) is 4.52 Å². The van der Waals surface area contributed by atoms with E-state index in [1.807, 2.05) is 6.92 Å². The van der Waals surface area contributed by atoms with Gasteiger partial charge in [0.15, 0.2) is 0 Å². The van der Waals surface area contributed by atoms with Gasteiger partial charge in [-0.2, -0.15) is 0 Å². The first-order valence-electron chi connectivity index (χ1n) is 10.7. The number of phosphoric ester groups is 1. The highest BCUT2D eigenvalue weighted by molar-refractivity contribution is 7.46. The first-order chi connectivity index (χ1) is 12.0. The smallest absolute Gasteiger partial charge is 0.303 e. The van der Waals surface area contributed by atoms with E-state index in [0.29, 0.717) is 6.42 Å². The van der Waals surface area contributed by atoms with Crippen molar-refractivity contribution >= 4 is 7.82 Å². The van der Waals surface area contributed by atoms with Crippen molar-refractivity contribution in [1.82, 2.24) is 0 Å². The van der Waals surface area contributed by atoms with Gasteiger partial charge in [0.05, 0.1) is 6.10 Å². The molecule has 0 saturated carbocycles. The minimum absolute atomic E-state index is 0.303. The highest BCUT2D eigenvalue weighted by atomic mass is 31.2. The summed E-state index contributed by atoms with van der Waals surface area (Å²) in [7, 11) is -4.33. The molecule has 0 aromatic carbocycles. The molecule has 0 spiro atoms. The molecule has 0 fully saturated rings. The molecule has 4 nitrogen and oxygen atoms in total. The lowest BCUT2D eigenvalue weighted by molar-refractivity contribution is 0.121. The normalized spacial score (nSPS) is 13.3. The highest BCUT2D eigenvalue weighted by Crippen LogP contribution is 2.39. The van der Waals surface area contributed by atoms with Crippen molar-refractivity contribution in [2.75, 3.05) is 0 Å². The van der Waals surface area contributed by atoms with Crippen LogP contribution in [0.15, 0.2) is 0 Å². The molecule has 0 bridgehead atoms. The van der Waals surface area contributed by atoms with Crippen molar-refractivity contribution in [3.8, 4) is 0 Å². The lowest BCUT2D eigenvalue weighted by Crippen LogP contribution is -2.09. The van der Waals surface area contributed by atoms with Gasteiger partial charge >= 0.3 is 7.82 Å². The Morgan fingerprint density at radius 3 is 1.36 bits per heavy atom. The molecule has 152 valence electrons. The molecular formula is C20H43O4P. The molecule has 0 radical (unpaired) electrons. The van der Waals surface area contributed by atoms with Crippen molar-refractivity contribution < 1.29 is 18.9 Å². The molecule has 0 saturated heterocycles. The topological polar surface area (TPSA) is 66.8 Å². The summed E-state index contributed by atoms with van der Waals surface area (Å²) in [5.74, 6) is 0. The van der Waals surface area contributed by atoms with Crippen LogP contribution in [0.25, 0.3) is 0 Å². The maximum Gasteiger partial charge on any atom is 0.469 e. The Bertz CT molecular complexity index is 317. The summed E-state index contributed by atoms with van der Waals surface area (Å²) in [6, 6.07) is 0. The van der Waals surface area contributed by atoms with Crippen molar-refractivity contribution in [1.29, 1.82) is 0 Å². The van der Waals surface area contributed by atoms with Gasteiger partial charge in [0.2, 0.25) is 0 Å². The van der Waals surface area contributed by atoms with E-state index in [-0.39, 0.29) is 6.10 Å². The van der Waals surface area contributed by atoms with Gasteiger partial charge in [-0.15, -0.1) is 0 Å². The molecular weight excluding hydrogens is 335 g/mol. The Morgan fingerprint density at radius 1 is 0.680 bits per heavy atom. The first-order valence-corrected chi connectivity index (χ1v) is 12.3. The molecule has 1 unspecified atom stereocenters. The van der Waals surface area contributed by atoms with Crippen molar-refractivity contribution in [3.05, 3.63) is 0 Å². The average molecular weight is 379 g/mol. The van der Waals surface area contributed by atoms with Crippen molar-refractivity contribution in [2.24, 2.45) is 0 Å². The fraction of sp³-hybridized carbons (Fsp3) is 1.00. The van der Waals surface area contributed by atoms with Crippen molar-refractivity contribution in [2.45, 2.75) is 129 Å². The van der Waals surface area contributed by atoms with Crippen molar-refractivity contribution in [3.63, 3.8) is 0 Å². The van der Waals surface area contributed by atoms with Gasteiger partial charge in [0.25, 0.3) is 0 Å². The van der Waals surface area contributed by atoms with Crippen LogP contribution in [0.1, 0.15) is 123 Å². The monoisotopic (exact) mass is 378 g/mol. The van der Waals surface area contributed by atoms with E-state index >= 15 is 0 Å². The van der Waals surface area contributed by atoms with E-state index in [2.05, 4.69) is 6.92 Å². The summed E-state index contributed by atoms with van der Waals surface area (Å²) in [4.78, 5) is 17.7. The zero-order chi connectivity index (χ0) is 18.8. The summed E-state index contributed by atoms with van der Waals surface area (Å²) in [6.07, 6.45) is 21.0. The largest absolute Gasteiger partial charge is 0.469 e. The molecule has 0 aliphatic rings. The van der Waals surface area contributed by atoms with E-state index in [0.717, 1.165) is 19.3 Å². The van der Waals surface area contributed by atoms with E-state index in [4.69, 9.17) is 14.3 Å². The Hall–Kier alpha value is 0.110. The van der Waals surface area contributed by atoms with Crippen LogP contribution >= 0.6 is 7.82 Å². The number of unbranched alkanes of at least 4 members (excludes halogenated alkanes) is 14. The third kappa shape index (κ3) is 20.3. The molecule has 0 heterocycles. The lowest BCUT2D eigenvalue weighted by atomic mass is 10.0. The zero-order valence-electron chi connectivity index (χ0n) is 16.8. The molecule has 0 aliphatic heterocycles. The lowest BCUT2D eigenvalue weighted by Gasteiger charge is -2.16. The molecule has 0 aliphatic carbocycles. The van der Waals surface area contributed by atoms with Gasteiger partial charge in [-0.05, 0) is 12.8 Å². The van der Waals surface area contributed by atoms with Crippen LogP contribution in [0.3, 0.4) is 0 Å². The number of hydrogen-bond acceptors (Lipinski definition) is 2. The summed E-state index contributed by atoms with van der Waals surface area (Å²) >= 11 is 0. The van der Waals surface area contributed by atoms with E-state index in [1.165, 1.54) is 83.5 Å². The second-order valence-electron chi connectivity index (χ2n) is 7.36. The van der Waals surface area contributed by atoms with Crippen LogP contribution in [-0.4, -0.2) is 15.9 Å². The molecule has 0 rings (SSSR count). The molecule has 0 amide bonds. The number of hydrogen-bond donors (Lipinski definition) is 2. The van der Waals surface area contributed by atoms with Crippen LogP contribution in [0.2, 0.25) is 0 Å². The predicted molar refractivity (Wildman–Crippen MR) is 107 cm³/mol. The van der Waals surface area contributed by atoms with Crippen LogP contribution in [0.4, 0.5) is 0 Å². The highest BCUT2D eigenvalue weighted by Gasteiger charge is 2.20. The maximum atomic E-state index is 10.8. The SMILES string of the molecule is CCCCCCCCCCCCCCCCCC(CC)OP(=O)(O)O. The summed E-state index contributed by atoms with van der Waals surface area (Å²) < 4.78 is 15.6. The fourth-order valence-electron chi connectivity index (χ4n) is 3.27. The summed E-state index contributed by atoms with van der Waals surface area (Å²) in [5.41, 5.74) is 0. The summed E-state index contributed by atoms with van der Waals surface area (Å²) in [6.45, 7) is 4.17. The molecule has 1 atom stereocenters. The second kappa shape index (κ2) is 17.5. The van der Waals surface area contributed by atoms with E-state index in [1.54, 1.807) is 0 Å². The Balaban J connectivity index is 3.24. The number of rotatable bonds is 19. The summed E-state index contributed by atoms with van der Waals surface area (Å²) in [5, 5.41) is 0. The van der Waals surface area contributed by atoms with Gasteiger partial charge in [0, 0.05) is 0 Å². The predicted octanol–water partition coefficient (Wildman–Crippen LogP) is 7.14. The second-order valence-corrected chi connectivity index (χ2v) is 8.56. The molecule has 25 heavy (non-hydrogen) atoms. The van der Waals surface area contributed by atoms with Gasteiger partial charge in [-0.25, -0.2) is 4.57 Å². The fourth-order valence-corrected chi connectivity index (χ4v) is 3.91. The third-order valence-corrected chi connectivity index (χ3v) is 5.44. The van der Waals surface area contributed by atoms with E-state index in [9.17, 15) is 4.57 Å². The maximum absolute atomic E-state index is 10.8. The molecule has 0 aromatic rings. The van der Waals surface area contributed by atoms with Crippen LogP contribution in [0.5, 0.6) is 0 Å².